The first kappa shape index (κ1) is 19.4. The highest BCUT2D eigenvalue weighted by molar-refractivity contribution is 5.78. The minimum absolute atomic E-state index is 0.0471. The third-order valence-electron chi connectivity index (χ3n) is 4.29. The summed E-state index contributed by atoms with van der Waals surface area (Å²) in [5.74, 6) is 0.420. The van der Waals surface area contributed by atoms with E-state index in [-0.39, 0.29) is 22.8 Å². The molecular formula is C20H15F3N6O. The van der Waals surface area contributed by atoms with Crippen LogP contribution in [0.3, 0.4) is 0 Å². The molecule has 30 heavy (non-hydrogen) atoms. The summed E-state index contributed by atoms with van der Waals surface area (Å²) in [5.41, 5.74) is 5.75. The van der Waals surface area contributed by atoms with Crippen LogP contribution in [0, 0.1) is 0 Å². The number of anilines is 1. The summed E-state index contributed by atoms with van der Waals surface area (Å²) in [6, 6.07) is 16.1. The smallest absolute Gasteiger partial charge is 0.433 e. The van der Waals surface area contributed by atoms with E-state index < -0.39 is 11.9 Å². The van der Waals surface area contributed by atoms with Gasteiger partial charge < -0.3 is 10.5 Å². The van der Waals surface area contributed by atoms with Crippen LogP contribution in [0.1, 0.15) is 5.69 Å². The molecule has 0 aliphatic heterocycles. The summed E-state index contributed by atoms with van der Waals surface area (Å²) in [6.07, 6.45) is -4.67. The fraction of sp³-hybridized carbons (Fsp3) is 0.100. The standard InChI is InChI=1S/C20H15F3N6O/c1-30-14-9-7-13(8-10-14)26-27-17-18(24)28-29-16(20(21,22)23)11-15(25-19(17)29)12-5-3-2-4-6-12/h2-11H,1H3,(H2,24,28). The van der Waals surface area contributed by atoms with Gasteiger partial charge >= 0.3 is 6.18 Å². The van der Waals surface area contributed by atoms with E-state index in [1.54, 1.807) is 54.6 Å². The topological polar surface area (TPSA) is 90.2 Å². The number of aromatic nitrogens is 3. The maximum Gasteiger partial charge on any atom is 0.433 e. The molecule has 0 saturated carbocycles. The van der Waals surface area contributed by atoms with Crippen molar-refractivity contribution in [3.8, 4) is 17.0 Å². The molecule has 7 nitrogen and oxygen atoms in total. The predicted molar refractivity (Wildman–Crippen MR) is 105 cm³/mol. The third-order valence-corrected chi connectivity index (χ3v) is 4.29. The molecule has 0 fully saturated rings. The van der Waals surface area contributed by atoms with E-state index in [1.807, 2.05) is 0 Å². The van der Waals surface area contributed by atoms with Crippen molar-refractivity contribution < 1.29 is 17.9 Å². The molecule has 2 aromatic heterocycles. The summed E-state index contributed by atoms with van der Waals surface area (Å²) in [7, 11) is 1.53. The van der Waals surface area contributed by atoms with E-state index in [0.29, 0.717) is 21.5 Å². The predicted octanol–water partition coefficient (Wildman–Crippen LogP) is 5.42. The molecule has 0 atom stereocenters. The average molecular weight is 412 g/mol. The lowest BCUT2D eigenvalue weighted by Crippen LogP contribution is -2.13. The number of azo groups is 1. The fourth-order valence-corrected chi connectivity index (χ4v) is 2.83. The summed E-state index contributed by atoms with van der Waals surface area (Å²) < 4.78 is 46.8. The van der Waals surface area contributed by atoms with E-state index in [2.05, 4.69) is 20.3 Å². The molecule has 2 aromatic carbocycles. The maximum absolute atomic E-state index is 13.7. The van der Waals surface area contributed by atoms with Gasteiger partial charge in [-0.3, -0.25) is 0 Å². The number of hydrogen-bond acceptors (Lipinski definition) is 6. The molecule has 0 unspecified atom stereocenters. The van der Waals surface area contributed by atoms with Gasteiger partial charge in [-0.15, -0.1) is 10.2 Å². The molecule has 0 saturated heterocycles. The first-order valence-corrected chi connectivity index (χ1v) is 8.74. The number of fused-ring (bicyclic) bond motifs is 1. The normalized spacial score (nSPS) is 12.0. The van der Waals surface area contributed by atoms with Crippen LogP contribution >= 0.6 is 0 Å². The van der Waals surface area contributed by atoms with Gasteiger partial charge in [-0.2, -0.15) is 18.3 Å². The highest BCUT2D eigenvalue weighted by Gasteiger charge is 2.36. The average Bonchev–Trinajstić information content (AvgIpc) is 3.06. The van der Waals surface area contributed by atoms with Gasteiger partial charge in [-0.1, -0.05) is 30.3 Å². The van der Waals surface area contributed by atoms with Gasteiger partial charge in [0.2, 0.25) is 0 Å². The molecule has 0 bridgehead atoms. The van der Waals surface area contributed by atoms with Crippen molar-refractivity contribution in [1.29, 1.82) is 0 Å². The van der Waals surface area contributed by atoms with Crippen molar-refractivity contribution in [1.82, 2.24) is 14.6 Å². The van der Waals surface area contributed by atoms with E-state index in [9.17, 15) is 13.2 Å². The summed E-state index contributed by atoms with van der Waals surface area (Å²) in [5, 5.41) is 11.9. The quantitative estimate of drug-likeness (QED) is 0.453. The number of ether oxygens (including phenoxy) is 1. The zero-order valence-electron chi connectivity index (χ0n) is 15.6. The van der Waals surface area contributed by atoms with E-state index >= 15 is 0 Å². The Balaban J connectivity index is 1.87. The molecule has 2 heterocycles. The molecule has 0 spiro atoms. The van der Waals surface area contributed by atoms with Crippen LogP contribution in [-0.4, -0.2) is 21.7 Å². The molecule has 10 heteroatoms. The fourth-order valence-electron chi connectivity index (χ4n) is 2.83. The lowest BCUT2D eigenvalue weighted by atomic mass is 10.1. The SMILES string of the molecule is COc1ccc(N=Nc2c(N)nn3c(C(F)(F)F)cc(-c4ccccc4)nc23)cc1. The number of nitrogen functional groups attached to an aromatic ring is 1. The molecule has 0 aliphatic carbocycles. The van der Waals surface area contributed by atoms with E-state index in [0.717, 1.165) is 6.07 Å². The molecule has 0 aliphatic rings. The van der Waals surface area contributed by atoms with Gasteiger partial charge in [-0.25, -0.2) is 9.50 Å². The number of methoxy groups -OCH3 is 1. The van der Waals surface area contributed by atoms with Crippen LogP contribution in [0.25, 0.3) is 16.9 Å². The van der Waals surface area contributed by atoms with E-state index in [1.165, 1.54) is 7.11 Å². The van der Waals surface area contributed by atoms with Crippen LogP contribution in [0.2, 0.25) is 0 Å². The molecule has 152 valence electrons. The monoisotopic (exact) mass is 412 g/mol. The van der Waals surface area contributed by atoms with Gasteiger partial charge in [0, 0.05) is 5.56 Å². The van der Waals surface area contributed by atoms with Gasteiger partial charge in [0.05, 0.1) is 18.5 Å². The Morgan fingerprint density at radius 1 is 1.00 bits per heavy atom. The minimum atomic E-state index is -4.67. The minimum Gasteiger partial charge on any atom is -0.497 e. The molecule has 0 radical (unpaired) electrons. The van der Waals surface area contributed by atoms with Crippen molar-refractivity contribution in [2.45, 2.75) is 6.18 Å². The Bertz CT molecular complexity index is 1220. The van der Waals surface area contributed by atoms with Gasteiger partial charge in [0.15, 0.2) is 22.8 Å². The Labute approximate surface area is 168 Å². The zero-order chi connectivity index (χ0) is 21.3. The second-order valence-electron chi connectivity index (χ2n) is 6.26. The van der Waals surface area contributed by atoms with Crippen LogP contribution < -0.4 is 10.5 Å². The Hall–Kier alpha value is -3.95. The van der Waals surface area contributed by atoms with Crippen LogP contribution in [0.15, 0.2) is 70.9 Å². The first-order chi connectivity index (χ1) is 14.4. The zero-order valence-corrected chi connectivity index (χ0v) is 15.6. The Morgan fingerprint density at radius 3 is 2.33 bits per heavy atom. The highest BCUT2D eigenvalue weighted by atomic mass is 19.4. The van der Waals surface area contributed by atoms with Gasteiger partial charge in [0.25, 0.3) is 0 Å². The van der Waals surface area contributed by atoms with E-state index in [4.69, 9.17) is 10.5 Å². The number of halogens is 3. The summed E-state index contributed by atoms with van der Waals surface area (Å²) in [4.78, 5) is 4.33. The van der Waals surface area contributed by atoms with Gasteiger partial charge in [-0.05, 0) is 30.3 Å². The number of nitrogens with two attached hydrogens (primary N) is 1. The van der Waals surface area contributed by atoms with Crippen molar-refractivity contribution in [2.24, 2.45) is 10.2 Å². The van der Waals surface area contributed by atoms with Crippen LogP contribution in [-0.2, 0) is 6.18 Å². The van der Waals surface area contributed by atoms with Crippen molar-refractivity contribution in [2.75, 3.05) is 12.8 Å². The Kier molecular flexibility index (Phi) is 4.82. The number of hydrogen-bond donors (Lipinski definition) is 1. The second-order valence-corrected chi connectivity index (χ2v) is 6.26. The number of rotatable bonds is 4. The van der Waals surface area contributed by atoms with Crippen LogP contribution in [0.5, 0.6) is 5.75 Å². The Morgan fingerprint density at radius 2 is 1.70 bits per heavy atom. The number of benzene rings is 2. The van der Waals surface area contributed by atoms with Crippen molar-refractivity contribution in [3.63, 3.8) is 0 Å². The lowest BCUT2D eigenvalue weighted by molar-refractivity contribution is -0.142. The molecular weight excluding hydrogens is 397 g/mol. The van der Waals surface area contributed by atoms with Crippen LogP contribution in [0.4, 0.5) is 30.4 Å². The number of nitrogens with zero attached hydrogens (tertiary/aromatic N) is 5. The van der Waals surface area contributed by atoms with Crippen molar-refractivity contribution in [3.05, 3.63) is 66.4 Å². The molecule has 4 aromatic rings. The van der Waals surface area contributed by atoms with Gasteiger partial charge in [0.1, 0.15) is 5.75 Å². The highest BCUT2D eigenvalue weighted by Crippen LogP contribution is 2.36. The largest absolute Gasteiger partial charge is 0.497 e. The molecule has 2 N–H and O–H groups in total. The number of alkyl halides is 3. The first-order valence-electron chi connectivity index (χ1n) is 8.74. The summed E-state index contributed by atoms with van der Waals surface area (Å²) >= 11 is 0. The second kappa shape index (κ2) is 7.47. The third kappa shape index (κ3) is 3.66. The van der Waals surface area contributed by atoms with Crippen molar-refractivity contribution >= 4 is 22.8 Å². The maximum atomic E-state index is 13.7. The lowest BCUT2D eigenvalue weighted by Gasteiger charge is -2.11. The molecule has 4 rings (SSSR count). The summed E-state index contributed by atoms with van der Waals surface area (Å²) in [6.45, 7) is 0. The molecule has 0 amide bonds.